The highest BCUT2D eigenvalue weighted by Gasteiger charge is 2.04. The Bertz CT molecular complexity index is 330. The zero-order valence-corrected chi connectivity index (χ0v) is 8.07. The van der Waals surface area contributed by atoms with Gasteiger partial charge in [0.1, 0.15) is 23.8 Å². The maximum Gasteiger partial charge on any atom is 0.147 e. The summed E-state index contributed by atoms with van der Waals surface area (Å²) in [6, 6.07) is 2.09. The lowest BCUT2D eigenvalue weighted by Crippen LogP contribution is -2.28. The number of hydrogen-bond donors (Lipinski definition) is 2. The van der Waals surface area contributed by atoms with Crippen molar-refractivity contribution in [2.45, 2.75) is 19.4 Å². The van der Waals surface area contributed by atoms with Crippen molar-refractivity contribution in [2.75, 3.05) is 11.9 Å². The summed E-state index contributed by atoms with van der Waals surface area (Å²) in [4.78, 5) is 7.71. The van der Waals surface area contributed by atoms with Crippen molar-refractivity contribution in [3.63, 3.8) is 0 Å². The van der Waals surface area contributed by atoms with Gasteiger partial charge in [-0.25, -0.2) is 9.97 Å². The summed E-state index contributed by atoms with van der Waals surface area (Å²) in [5, 5.41) is 11.8. The fraction of sp³-hybridized carbons (Fsp3) is 0.444. The molecule has 1 aromatic heterocycles. The molecule has 0 aliphatic rings. The first-order valence-electron chi connectivity index (χ1n) is 4.47. The van der Waals surface area contributed by atoms with Crippen molar-refractivity contribution in [3.8, 4) is 6.07 Å². The number of nitrogens with zero attached hydrogens (tertiary/aromatic N) is 3. The first-order valence-corrected chi connectivity index (χ1v) is 4.47. The molecule has 0 saturated carbocycles. The van der Waals surface area contributed by atoms with Gasteiger partial charge in [-0.05, 0) is 6.42 Å². The quantitative estimate of drug-likeness (QED) is 0.723. The molecule has 1 aromatic rings. The summed E-state index contributed by atoms with van der Waals surface area (Å²) in [6.45, 7) is 2.62. The molecule has 0 bridgehead atoms. The standard InChI is InChI=1S/C9H13N5/c1-2-8(11)5-13-9-7(3-10)4-12-6-14-9/h4,6,8H,2,5,11H2,1H3,(H,12,13,14). The summed E-state index contributed by atoms with van der Waals surface area (Å²) in [6.07, 6.45) is 3.77. The molecule has 1 rings (SSSR count). The van der Waals surface area contributed by atoms with Crippen LogP contribution in [0.5, 0.6) is 0 Å². The molecule has 0 saturated heterocycles. The molecule has 14 heavy (non-hydrogen) atoms. The Morgan fingerprint density at radius 1 is 1.71 bits per heavy atom. The Morgan fingerprint density at radius 2 is 2.50 bits per heavy atom. The molecule has 1 unspecified atom stereocenters. The van der Waals surface area contributed by atoms with E-state index in [0.29, 0.717) is 17.9 Å². The van der Waals surface area contributed by atoms with Gasteiger partial charge in [0.05, 0.1) is 6.20 Å². The Kier molecular flexibility index (Phi) is 3.83. The molecule has 5 nitrogen and oxygen atoms in total. The molecule has 0 aliphatic carbocycles. The van der Waals surface area contributed by atoms with E-state index < -0.39 is 0 Å². The average molecular weight is 191 g/mol. The summed E-state index contributed by atoms with van der Waals surface area (Å²) in [5.74, 6) is 0.548. The zero-order chi connectivity index (χ0) is 10.4. The van der Waals surface area contributed by atoms with Gasteiger partial charge < -0.3 is 11.1 Å². The molecular weight excluding hydrogens is 178 g/mol. The van der Waals surface area contributed by atoms with Crippen LogP contribution in [0, 0.1) is 11.3 Å². The largest absolute Gasteiger partial charge is 0.367 e. The van der Waals surface area contributed by atoms with E-state index in [-0.39, 0.29) is 6.04 Å². The second-order valence-electron chi connectivity index (χ2n) is 2.95. The topological polar surface area (TPSA) is 87.6 Å². The van der Waals surface area contributed by atoms with Crippen LogP contribution >= 0.6 is 0 Å². The Hall–Kier alpha value is -1.67. The van der Waals surface area contributed by atoms with Gasteiger partial charge in [0.2, 0.25) is 0 Å². The van der Waals surface area contributed by atoms with Gasteiger partial charge in [-0.15, -0.1) is 0 Å². The maximum absolute atomic E-state index is 8.74. The average Bonchev–Trinajstić information content (AvgIpc) is 2.26. The van der Waals surface area contributed by atoms with Crippen LogP contribution in [0.15, 0.2) is 12.5 Å². The lowest BCUT2D eigenvalue weighted by Gasteiger charge is -2.10. The maximum atomic E-state index is 8.74. The summed E-state index contributed by atoms with van der Waals surface area (Å²) in [7, 11) is 0. The molecule has 0 spiro atoms. The smallest absolute Gasteiger partial charge is 0.147 e. The minimum Gasteiger partial charge on any atom is -0.367 e. The van der Waals surface area contributed by atoms with Crippen molar-refractivity contribution >= 4 is 5.82 Å². The van der Waals surface area contributed by atoms with Gasteiger partial charge in [0, 0.05) is 12.6 Å². The van der Waals surface area contributed by atoms with Crippen LogP contribution in [0.3, 0.4) is 0 Å². The third kappa shape index (κ3) is 2.68. The first kappa shape index (κ1) is 10.4. The van der Waals surface area contributed by atoms with E-state index in [1.54, 1.807) is 0 Å². The van der Waals surface area contributed by atoms with Crippen LogP contribution in [0.2, 0.25) is 0 Å². The SMILES string of the molecule is CCC(N)CNc1ncncc1C#N. The Balaban J connectivity index is 2.63. The number of nitriles is 1. The van der Waals surface area contributed by atoms with Crippen LogP contribution in [0.1, 0.15) is 18.9 Å². The van der Waals surface area contributed by atoms with Crippen LogP contribution in [-0.2, 0) is 0 Å². The van der Waals surface area contributed by atoms with Gasteiger partial charge in [0.15, 0.2) is 0 Å². The highest BCUT2D eigenvalue weighted by molar-refractivity contribution is 5.49. The molecule has 5 heteroatoms. The van der Waals surface area contributed by atoms with Crippen molar-refractivity contribution in [1.82, 2.24) is 9.97 Å². The van der Waals surface area contributed by atoms with Crippen LogP contribution in [-0.4, -0.2) is 22.6 Å². The van der Waals surface area contributed by atoms with Gasteiger partial charge >= 0.3 is 0 Å². The van der Waals surface area contributed by atoms with Gasteiger partial charge in [-0.3, -0.25) is 0 Å². The van der Waals surface area contributed by atoms with Crippen molar-refractivity contribution in [3.05, 3.63) is 18.1 Å². The third-order valence-electron chi connectivity index (χ3n) is 1.89. The summed E-state index contributed by atoms with van der Waals surface area (Å²) in [5.41, 5.74) is 6.16. The molecule has 1 atom stereocenters. The van der Waals surface area contributed by atoms with E-state index in [0.717, 1.165) is 6.42 Å². The fourth-order valence-corrected chi connectivity index (χ4v) is 0.924. The van der Waals surface area contributed by atoms with E-state index in [2.05, 4.69) is 15.3 Å². The van der Waals surface area contributed by atoms with E-state index in [4.69, 9.17) is 11.0 Å². The zero-order valence-electron chi connectivity index (χ0n) is 8.07. The highest BCUT2D eigenvalue weighted by Crippen LogP contribution is 2.07. The van der Waals surface area contributed by atoms with Crippen LogP contribution in [0.25, 0.3) is 0 Å². The Morgan fingerprint density at radius 3 is 3.14 bits per heavy atom. The summed E-state index contributed by atoms with van der Waals surface area (Å²) < 4.78 is 0. The summed E-state index contributed by atoms with van der Waals surface area (Å²) >= 11 is 0. The minimum absolute atomic E-state index is 0.0801. The van der Waals surface area contributed by atoms with E-state index in [1.165, 1.54) is 12.5 Å². The van der Waals surface area contributed by atoms with Gasteiger partial charge in [-0.2, -0.15) is 5.26 Å². The molecule has 0 amide bonds. The molecule has 74 valence electrons. The number of hydrogen-bond acceptors (Lipinski definition) is 5. The number of nitrogens with two attached hydrogens (primary N) is 1. The molecule has 0 aromatic carbocycles. The predicted molar refractivity (Wildman–Crippen MR) is 53.5 cm³/mol. The molecule has 1 heterocycles. The van der Waals surface area contributed by atoms with Crippen molar-refractivity contribution in [2.24, 2.45) is 5.73 Å². The molecule has 3 N–H and O–H groups in total. The molecule has 0 aliphatic heterocycles. The lowest BCUT2D eigenvalue weighted by molar-refractivity contribution is 0.677. The first-order chi connectivity index (χ1) is 6.77. The fourth-order valence-electron chi connectivity index (χ4n) is 0.924. The molecule has 0 radical (unpaired) electrons. The van der Waals surface area contributed by atoms with Crippen molar-refractivity contribution < 1.29 is 0 Å². The number of rotatable bonds is 4. The van der Waals surface area contributed by atoms with Crippen LogP contribution < -0.4 is 11.1 Å². The number of aromatic nitrogens is 2. The molecule has 0 fully saturated rings. The number of anilines is 1. The number of nitrogens with one attached hydrogen (secondary N) is 1. The second-order valence-corrected chi connectivity index (χ2v) is 2.95. The van der Waals surface area contributed by atoms with Crippen LogP contribution in [0.4, 0.5) is 5.82 Å². The molecular formula is C9H13N5. The predicted octanol–water partition coefficient (Wildman–Crippen LogP) is 0.497. The van der Waals surface area contributed by atoms with E-state index in [1.807, 2.05) is 13.0 Å². The lowest BCUT2D eigenvalue weighted by atomic mass is 10.2. The highest BCUT2D eigenvalue weighted by atomic mass is 15.0. The van der Waals surface area contributed by atoms with Crippen molar-refractivity contribution in [1.29, 1.82) is 5.26 Å². The van der Waals surface area contributed by atoms with E-state index >= 15 is 0 Å². The minimum atomic E-state index is 0.0801. The van der Waals surface area contributed by atoms with E-state index in [9.17, 15) is 0 Å². The normalized spacial score (nSPS) is 11.8. The van der Waals surface area contributed by atoms with Gasteiger partial charge in [-0.1, -0.05) is 6.92 Å². The monoisotopic (exact) mass is 191 g/mol. The second kappa shape index (κ2) is 5.14. The Labute approximate surface area is 83.0 Å². The van der Waals surface area contributed by atoms with Gasteiger partial charge in [0.25, 0.3) is 0 Å². The third-order valence-corrected chi connectivity index (χ3v) is 1.89.